The molecule has 3 rings (SSSR count). The van der Waals surface area contributed by atoms with E-state index in [-0.39, 0.29) is 11.5 Å². The minimum atomic E-state index is -0.0807. The molecular weight excluding hydrogens is 360 g/mol. The number of aromatic hydroxyl groups is 1. The maximum atomic E-state index is 12.3. The first-order valence-electron chi connectivity index (χ1n) is 7.13. The second-order valence-electron chi connectivity index (χ2n) is 5.17. The molecule has 1 aliphatic rings. The number of hydrogen-bond acceptors (Lipinski definition) is 4. The van der Waals surface area contributed by atoms with Gasteiger partial charge in [0.15, 0.2) is 17.3 Å². The Morgan fingerprint density at radius 3 is 2.96 bits per heavy atom. The van der Waals surface area contributed by atoms with Crippen LogP contribution in [0.4, 0.5) is 0 Å². The van der Waals surface area contributed by atoms with Crippen molar-refractivity contribution in [2.75, 3.05) is 13.7 Å². The largest absolute Gasteiger partial charge is 0.503 e. The van der Waals surface area contributed by atoms with Gasteiger partial charge in [-0.1, -0.05) is 6.08 Å². The molecule has 0 spiro atoms. The zero-order chi connectivity index (χ0) is 16.4. The van der Waals surface area contributed by atoms with E-state index in [1.807, 2.05) is 12.1 Å². The number of ketones is 1. The van der Waals surface area contributed by atoms with E-state index in [1.165, 1.54) is 13.2 Å². The van der Waals surface area contributed by atoms with Gasteiger partial charge in [0.05, 0.1) is 18.2 Å². The van der Waals surface area contributed by atoms with E-state index in [0.29, 0.717) is 22.4 Å². The van der Waals surface area contributed by atoms with Crippen LogP contribution in [0.25, 0.3) is 6.08 Å². The predicted octanol–water partition coefficient (Wildman–Crippen LogP) is 3.99. The van der Waals surface area contributed by atoms with Crippen LogP contribution in [0.2, 0.25) is 0 Å². The van der Waals surface area contributed by atoms with E-state index in [2.05, 4.69) is 15.9 Å². The Morgan fingerprint density at radius 2 is 2.17 bits per heavy atom. The molecule has 0 aliphatic carbocycles. The molecule has 1 heterocycles. The minimum Gasteiger partial charge on any atom is -0.503 e. The lowest BCUT2D eigenvalue weighted by atomic mass is 10.0. The Kier molecular flexibility index (Phi) is 4.39. The third kappa shape index (κ3) is 3.24. The van der Waals surface area contributed by atoms with Crippen molar-refractivity contribution in [3.8, 4) is 17.2 Å². The number of ether oxygens (including phenoxy) is 2. The molecule has 0 aromatic heterocycles. The summed E-state index contributed by atoms with van der Waals surface area (Å²) in [5.41, 5.74) is 2.46. The van der Waals surface area contributed by atoms with Gasteiger partial charge in [0.1, 0.15) is 5.75 Å². The van der Waals surface area contributed by atoms with Crippen molar-refractivity contribution in [2.24, 2.45) is 0 Å². The quantitative estimate of drug-likeness (QED) is 0.649. The van der Waals surface area contributed by atoms with E-state index in [9.17, 15) is 9.90 Å². The Labute approximate surface area is 142 Å². The zero-order valence-electron chi connectivity index (χ0n) is 12.5. The third-order valence-electron chi connectivity index (χ3n) is 3.67. The average molecular weight is 375 g/mol. The van der Waals surface area contributed by atoms with Gasteiger partial charge in [0.25, 0.3) is 0 Å². The number of halogens is 1. The van der Waals surface area contributed by atoms with Crippen molar-refractivity contribution in [2.45, 2.75) is 6.42 Å². The molecule has 0 bridgehead atoms. The predicted molar refractivity (Wildman–Crippen MR) is 91.4 cm³/mol. The Morgan fingerprint density at radius 1 is 1.35 bits per heavy atom. The highest BCUT2D eigenvalue weighted by Crippen LogP contribution is 2.35. The van der Waals surface area contributed by atoms with E-state index >= 15 is 0 Å². The van der Waals surface area contributed by atoms with Gasteiger partial charge in [0.2, 0.25) is 0 Å². The third-order valence-corrected chi connectivity index (χ3v) is 4.28. The second-order valence-corrected chi connectivity index (χ2v) is 6.03. The standard InChI is InChI=1S/C18H15BrO4/c1-22-17-9-11(8-14(19)18(17)21)2-4-15(20)12-3-5-16-13(10-12)6-7-23-16/h2-5,8-10,21H,6-7H2,1H3. The van der Waals surface area contributed by atoms with E-state index < -0.39 is 0 Å². The number of methoxy groups -OCH3 is 1. The first-order chi connectivity index (χ1) is 11.1. The molecule has 2 aromatic rings. The lowest BCUT2D eigenvalue weighted by Crippen LogP contribution is -1.95. The summed E-state index contributed by atoms with van der Waals surface area (Å²) in [4.78, 5) is 12.3. The molecule has 0 unspecified atom stereocenters. The van der Waals surface area contributed by atoms with Crippen LogP contribution in [0.1, 0.15) is 21.5 Å². The Hall–Kier alpha value is -2.27. The molecule has 4 nitrogen and oxygen atoms in total. The molecule has 0 atom stereocenters. The van der Waals surface area contributed by atoms with Crippen LogP contribution in [0.5, 0.6) is 17.2 Å². The molecule has 2 aromatic carbocycles. The summed E-state index contributed by atoms with van der Waals surface area (Å²) in [5.74, 6) is 1.16. The number of phenolic OH excluding ortho intramolecular Hbond substituents is 1. The number of benzene rings is 2. The molecule has 0 saturated carbocycles. The summed E-state index contributed by atoms with van der Waals surface area (Å²) in [5, 5.41) is 9.79. The first-order valence-corrected chi connectivity index (χ1v) is 7.92. The topological polar surface area (TPSA) is 55.8 Å². The minimum absolute atomic E-state index is 0.0367. The number of rotatable bonds is 4. The lowest BCUT2D eigenvalue weighted by molar-refractivity contribution is 0.104. The molecule has 0 saturated heterocycles. The summed E-state index contributed by atoms with van der Waals surface area (Å²) in [6, 6.07) is 8.87. The average Bonchev–Trinajstić information content (AvgIpc) is 3.03. The number of allylic oxidation sites excluding steroid dienone is 1. The number of hydrogen-bond donors (Lipinski definition) is 1. The fourth-order valence-corrected chi connectivity index (χ4v) is 2.91. The van der Waals surface area contributed by atoms with Gasteiger partial charge < -0.3 is 14.6 Å². The van der Waals surface area contributed by atoms with Crippen molar-refractivity contribution in [1.82, 2.24) is 0 Å². The van der Waals surface area contributed by atoms with Crippen molar-refractivity contribution in [3.63, 3.8) is 0 Å². The van der Waals surface area contributed by atoms with Crippen LogP contribution in [0.15, 0.2) is 40.9 Å². The van der Waals surface area contributed by atoms with E-state index in [4.69, 9.17) is 9.47 Å². The van der Waals surface area contributed by atoms with Crippen LogP contribution in [-0.4, -0.2) is 24.6 Å². The van der Waals surface area contributed by atoms with Crippen molar-refractivity contribution < 1.29 is 19.4 Å². The summed E-state index contributed by atoms with van der Waals surface area (Å²) >= 11 is 3.26. The van der Waals surface area contributed by atoms with E-state index in [1.54, 1.807) is 24.3 Å². The monoisotopic (exact) mass is 374 g/mol. The van der Waals surface area contributed by atoms with Gasteiger partial charge in [-0.05, 0) is 63.5 Å². The molecule has 0 amide bonds. The van der Waals surface area contributed by atoms with Crippen molar-refractivity contribution in [3.05, 3.63) is 57.6 Å². The van der Waals surface area contributed by atoms with Crippen LogP contribution in [0, 0.1) is 0 Å². The lowest BCUT2D eigenvalue weighted by Gasteiger charge is -2.06. The zero-order valence-corrected chi connectivity index (χ0v) is 14.1. The summed E-state index contributed by atoms with van der Waals surface area (Å²) in [6.45, 7) is 0.671. The number of fused-ring (bicyclic) bond motifs is 1. The van der Waals surface area contributed by atoms with Gasteiger partial charge in [-0.25, -0.2) is 0 Å². The second kappa shape index (κ2) is 6.46. The molecule has 1 N–H and O–H groups in total. The van der Waals surface area contributed by atoms with Crippen molar-refractivity contribution >= 4 is 27.8 Å². The van der Waals surface area contributed by atoms with Gasteiger partial charge in [0, 0.05) is 12.0 Å². The first kappa shape index (κ1) is 15.6. The SMILES string of the molecule is COc1cc(C=CC(=O)c2ccc3c(c2)CCO3)cc(Br)c1O. The highest BCUT2D eigenvalue weighted by Gasteiger charge is 2.14. The van der Waals surface area contributed by atoms with Crippen molar-refractivity contribution in [1.29, 1.82) is 0 Å². The smallest absolute Gasteiger partial charge is 0.185 e. The Bertz CT molecular complexity index is 796. The van der Waals surface area contributed by atoms with Gasteiger partial charge in [-0.15, -0.1) is 0 Å². The van der Waals surface area contributed by atoms with Crippen LogP contribution < -0.4 is 9.47 Å². The summed E-state index contributed by atoms with van der Waals surface area (Å²) in [6.07, 6.45) is 4.04. The highest BCUT2D eigenvalue weighted by atomic mass is 79.9. The number of carbonyl (C=O) groups is 1. The molecule has 1 aliphatic heterocycles. The maximum absolute atomic E-state index is 12.3. The van der Waals surface area contributed by atoms with E-state index in [0.717, 1.165) is 23.3 Å². The highest BCUT2D eigenvalue weighted by molar-refractivity contribution is 9.10. The van der Waals surface area contributed by atoms with Crippen LogP contribution in [-0.2, 0) is 6.42 Å². The van der Waals surface area contributed by atoms with Crippen LogP contribution in [0.3, 0.4) is 0 Å². The fraction of sp³-hybridized carbons (Fsp3) is 0.167. The number of carbonyl (C=O) groups excluding carboxylic acids is 1. The molecule has 5 heteroatoms. The summed E-state index contributed by atoms with van der Waals surface area (Å²) < 4.78 is 11.0. The molecule has 0 radical (unpaired) electrons. The van der Waals surface area contributed by atoms with Gasteiger partial charge in [-0.2, -0.15) is 0 Å². The molecular formula is C18H15BrO4. The van der Waals surface area contributed by atoms with Crippen LogP contribution >= 0.6 is 15.9 Å². The maximum Gasteiger partial charge on any atom is 0.185 e. The molecule has 0 fully saturated rings. The number of phenols is 1. The normalized spacial score (nSPS) is 13.0. The Balaban J connectivity index is 1.82. The fourth-order valence-electron chi connectivity index (χ4n) is 2.45. The van der Waals surface area contributed by atoms with Gasteiger partial charge >= 0.3 is 0 Å². The molecule has 118 valence electrons. The summed E-state index contributed by atoms with van der Waals surface area (Å²) in [7, 11) is 1.48. The molecule has 23 heavy (non-hydrogen) atoms. The van der Waals surface area contributed by atoms with Gasteiger partial charge in [-0.3, -0.25) is 4.79 Å².